The maximum Gasteiger partial charge on any atom is 0.283 e. The van der Waals surface area contributed by atoms with Gasteiger partial charge in [-0.1, -0.05) is 30.0 Å². The van der Waals surface area contributed by atoms with Gasteiger partial charge in [0, 0.05) is 29.1 Å². The number of thioether (sulfide) groups is 1. The van der Waals surface area contributed by atoms with Crippen molar-refractivity contribution in [1.29, 1.82) is 0 Å². The second-order valence-corrected chi connectivity index (χ2v) is 8.34. The van der Waals surface area contributed by atoms with Crippen molar-refractivity contribution in [3.63, 3.8) is 0 Å². The topological polar surface area (TPSA) is 87.6 Å². The summed E-state index contributed by atoms with van der Waals surface area (Å²) in [7, 11) is 3.15. The summed E-state index contributed by atoms with van der Waals surface area (Å²) >= 11 is 1.50. The van der Waals surface area contributed by atoms with Crippen molar-refractivity contribution in [2.24, 2.45) is 0 Å². The van der Waals surface area contributed by atoms with Crippen molar-refractivity contribution in [2.45, 2.75) is 17.9 Å². The Balaban J connectivity index is 1.64. The average molecular weight is 454 g/mol. The lowest BCUT2D eigenvalue weighted by molar-refractivity contribution is -0.0421. The van der Waals surface area contributed by atoms with Gasteiger partial charge in [-0.25, -0.2) is 4.98 Å². The molecule has 1 saturated heterocycles. The SMILES string of the molecule is COc1ccc(-n2c(SCCC3OCCO3)nc3c([nH]c4ccccc43)c2=O)cc1OC. The standard InChI is InChI=1S/C23H23N3O5S/c1-28-17-8-7-14(13-18(17)29-2)26-22(27)21-20(15-5-3-4-6-16(15)24-21)25-23(26)32-12-9-19-30-10-11-31-19/h3-8,13,19,24H,9-12H2,1-2H3. The van der Waals surface area contributed by atoms with E-state index in [1.54, 1.807) is 30.9 Å². The molecular weight excluding hydrogens is 430 g/mol. The lowest BCUT2D eigenvalue weighted by atomic mass is 10.2. The number of benzene rings is 2. The maximum absolute atomic E-state index is 13.6. The van der Waals surface area contributed by atoms with Crippen molar-refractivity contribution in [1.82, 2.24) is 14.5 Å². The first-order valence-electron chi connectivity index (χ1n) is 10.3. The van der Waals surface area contributed by atoms with Gasteiger partial charge in [0.05, 0.1) is 33.1 Å². The molecule has 0 unspecified atom stereocenters. The highest BCUT2D eigenvalue weighted by molar-refractivity contribution is 7.99. The second-order valence-electron chi connectivity index (χ2n) is 7.28. The van der Waals surface area contributed by atoms with Gasteiger partial charge in [-0.3, -0.25) is 9.36 Å². The summed E-state index contributed by atoms with van der Waals surface area (Å²) in [6, 6.07) is 13.2. The molecule has 0 bridgehead atoms. The van der Waals surface area contributed by atoms with Crippen LogP contribution in [-0.2, 0) is 9.47 Å². The van der Waals surface area contributed by atoms with Crippen LogP contribution < -0.4 is 15.0 Å². The molecule has 32 heavy (non-hydrogen) atoms. The number of aromatic nitrogens is 3. The van der Waals surface area contributed by atoms with E-state index in [1.807, 2.05) is 30.3 Å². The Labute approximate surface area is 188 Å². The van der Waals surface area contributed by atoms with E-state index in [0.717, 1.165) is 10.9 Å². The van der Waals surface area contributed by atoms with Gasteiger partial charge < -0.3 is 23.9 Å². The zero-order valence-electron chi connectivity index (χ0n) is 17.8. The summed E-state index contributed by atoms with van der Waals surface area (Å²) in [5.41, 5.74) is 2.48. The molecule has 0 atom stereocenters. The minimum Gasteiger partial charge on any atom is -0.493 e. The monoisotopic (exact) mass is 453 g/mol. The molecule has 9 heteroatoms. The minimum absolute atomic E-state index is 0.172. The Hall–Kier alpha value is -3.01. The molecule has 166 valence electrons. The van der Waals surface area contributed by atoms with E-state index in [0.29, 0.717) is 58.8 Å². The van der Waals surface area contributed by atoms with Gasteiger partial charge in [0.2, 0.25) is 0 Å². The van der Waals surface area contributed by atoms with E-state index in [2.05, 4.69) is 4.98 Å². The first-order valence-corrected chi connectivity index (χ1v) is 11.3. The highest BCUT2D eigenvalue weighted by Gasteiger charge is 2.20. The smallest absolute Gasteiger partial charge is 0.283 e. The molecular formula is C23H23N3O5S. The molecule has 8 nitrogen and oxygen atoms in total. The van der Waals surface area contributed by atoms with E-state index in [1.165, 1.54) is 11.8 Å². The van der Waals surface area contributed by atoms with Crippen LogP contribution in [-0.4, -0.2) is 54.0 Å². The highest BCUT2D eigenvalue weighted by Crippen LogP contribution is 2.32. The number of methoxy groups -OCH3 is 2. The van der Waals surface area contributed by atoms with Gasteiger partial charge in [-0.05, 0) is 18.2 Å². The molecule has 2 aromatic heterocycles. The van der Waals surface area contributed by atoms with E-state index < -0.39 is 0 Å². The maximum atomic E-state index is 13.6. The van der Waals surface area contributed by atoms with Gasteiger partial charge in [0.15, 0.2) is 22.9 Å². The number of rotatable bonds is 7. The van der Waals surface area contributed by atoms with Crippen LogP contribution in [0.25, 0.3) is 27.6 Å². The summed E-state index contributed by atoms with van der Waals surface area (Å²) in [5, 5.41) is 1.51. The molecule has 3 heterocycles. The molecule has 1 aliphatic rings. The fourth-order valence-corrected chi connectivity index (χ4v) is 4.82. The zero-order chi connectivity index (χ0) is 22.1. The van der Waals surface area contributed by atoms with Crippen molar-refractivity contribution >= 4 is 33.7 Å². The van der Waals surface area contributed by atoms with Gasteiger partial charge in [-0.2, -0.15) is 0 Å². The third kappa shape index (κ3) is 3.72. The predicted molar refractivity (Wildman–Crippen MR) is 123 cm³/mol. The van der Waals surface area contributed by atoms with Crippen molar-refractivity contribution in [3.8, 4) is 17.2 Å². The number of nitrogens with zero attached hydrogens (tertiary/aromatic N) is 2. The molecule has 0 saturated carbocycles. The number of nitrogens with one attached hydrogen (secondary N) is 1. The summed E-state index contributed by atoms with van der Waals surface area (Å²) in [5.74, 6) is 1.82. The molecule has 5 rings (SSSR count). The number of aromatic amines is 1. The predicted octanol–water partition coefficient (Wildman–Crippen LogP) is 3.74. The van der Waals surface area contributed by atoms with Crippen LogP contribution in [0.1, 0.15) is 6.42 Å². The quantitative estimate of drug-likeness (QED) is 0.337. The Bertz CT molecular complexity index is 1330. The Morgan fingerprint density at radius 3 is 2.69 bits per heavy atom. The largest absolute Gasteiger partial charge is 0.493 e. The van der Waals surface area contributed by atoms with Crippen LogP contribution in [0.4, 0.5) is 0 Å². The molecule has 1 fully saturated rings. The van der Waals surface area contributed by atoms with E-state index in [9.17, 15) is 4.79 Å². The van der Waals surface area contributed by atoms with Gasteiger partial charge in [-0.15, -0.1) is 0 Å². The third-order valence-corrected chi connectivity index (χ3v) is 6.37. The van der Waals surface area contributed by atoms with E-state index in [4.69, 9.17) is 23.9 Å². The molecule has 0 radical (unpaired) electrons. The van der Waals surface area contributed by atoms with Crippen LogP contribution >= 0.6 is 11.8 Å². The number of hydrogen-bond donors (Lipinski definition) is 1. The molecule has 0 spiro atoms. The van der Waals surface area contributed by atoms with Gasteiger partial charge in [0.25, 0.3) is 5.56 Å². The third-order valence-electron chi connectivity index (χ3n) is 5.40. The second kappa shape index (κ2) is 8.85. The van der Waals surface area contributed by atoms with Gasteiger partial charge >= 0.3 is 0 Å². The molecule has 1 N–H and O–H groups in total. The van der Waals surface area contributed by atoms with Crippen LogP contribution in [0.3, 0.4) is 0 Å². The molecule has 4 aromatic rings. The molecule has 2 aromatic carbocycles. The van der Waals surface area contributed by atoms with Crippen LogP contribution in [0, 0.1) is 0 Å². The number of fused-ring (bicyclic) bond motifs is 3. The summed E-state index contributed by atoms with van der Waals surface area (Å²) in [4.78, 5) is 21.8. The van der Waals surface area contributed by atoms with E-state index >= 15 is 0 Å². The van der Waals surface area contributed by atoms with E-state index in [-0.39, 0.29) is 11.8 Å². The number of H-pyrrole nitrogens is 1. The zero-order valence-corrected chi connectivity index (χ0v) is 18.6. The fourth-order valence-electron chi connectivity index (χ4n) is 3.85. The highest BCUT2D eigenvalue weighted by atomic mass is 32.2. The number of para-hydroxylation sites is 1. The van der Waals surface area contributed by atoms with Gasteiger partial charge in [0.1, 0.15) is 11.0 Å². The lowest BCUT2D eigenvalue weighted by Crippen LogP contribution is -2.22. The van der Waals surface area contributed by atoms with Crippen molar-refractivity contribution in [2.75, 3.05) is 33.2 Å². The summed E-state index contributed by atoms with van der Waals surface area (Å²) in [6.07, 6.45) is 0.499. The first kappa shape index (κ1) is 20.9. The lowest BCUT2D eigenvalue weighted by Gasteiger charge is -2.15. The average Bonchev–Trinajstić information content (AvgIpc) is 3.47. The van der Waals surface area contributed by atoms with Crippen molar-refractivity contribution < 1.29 is 18.9 Å². The van der Waals surface area contributed by atoms with Crippen LogP contribution in [0.5, 0.6) is 11.5 Å². The molecule has 1 aliphatic heterocycles. The molecule has 0 aliphatic carbocycles. The van der Waals surface area contributed by atoms with Crippen LogP contribution in [0.2, 0.25) is 0 Å². The Morgan fingerprint density at radius 1 is 1.12 bits per heavy atom. The Kier molecular flexibility index (Phi) is 5.77. The minimum atomic E-state index is -0.208. The van der Waals surface area contributed by atoms with Crippen LogP contribution in [0.15, 0.2) is 52.4 Å². The summed E-state index contributed by atoms with van der Waals surface area (Å²) < 4.78 is 23.5. The Morgan fingerprint density at radius 2 is 1.91 bits per heavy atom. The molecule has 0 amide bonds. The first-order chi connectivity index (χ1) is 15.7. The normalized spacial score (nSPS) is 14.4. The number of ether oxygens (including phenoxy) is 4. The van der Waals surface area contributed by atoms with Crippen molar-refractivity contribution in [3.05, 3.63) is 52.8 Å². The fraction of sp³-hybridized carbons (Fsp3) is 0.304. The summed E-state index contributed by atoms with van der Waals surface area (Å²) in [6.45, 7) is 1.23. The number of hydrogen-bond acceptors (Lipinski definition) is 7.